The second-order valence-corrected chi connectivity index (χ2v) is 16.2. The van der Waals surface area contributed by atoms with Crippen molar-refractivity contribution in [3.8, 4) is 23.0 Å². The molecule has 1 saturated heterocycles. The number of amides is 1. The molecule has 6 rings (SSSR count). The number of fused-ring (bicyclic) bond motifs is 14. The van der Waals surface area contributed by atoms with E-state index in [4.69, 9.17) is 23.8 Å². The maximum atomic E-state index is 14.4. The van der Waals surface area contributed by atoms with Gasteiger partial charge < -0.3 is 54.6 Å². The van der Waals surface area contributed by atoms with Crippen molar-refractivity contribution in [3.63, 3.8) is 0 Å². The minimum Gasteiger partial charge on any atom is -0.507 e. The number of nitrogens with one attached hydrogen (secondary N) is 1. The van der Waals surface area contributed by atoms with Crippen LogP contribution in [0.3, 0.4) is 0 Å². The van der Waals surface area contributed by atoms with Crippen LogP contribution in [-0.4, -0.2) is 118 Å². The van der Waals surface area contributed by atoms with Crippen molar-refractivity contribution in [1.82, 2.24) is 4.90 Å². The van der Waals surface area contributed by atoms with Crippen LogP contribution in [0.4, 0.5) is 5.69 Å². The first-order chi connectivity index (χ1) is 28.3. The lowest BCUT2D eigenvalue weighted by Gasteiger charge is -2.38. The molecule has 1 amide bonds. The standard InChI is InChI=1S/C44H59N3O13/c1-22-13-12-14-23(2)43(55)46-34-29(21-45-58-20-18-47-16-10-11-17-47)38(52)31-32(39(34)53)37(51)27(6)41-33(31)42(54)44(8,60-41)57-19-15-30(56-9)24(3)40(59-28(7)48)26(5)36(50)25(4)35(22)49/h12-15,19,21-22,24-26,30,35-36,40,49-53H,10-11,16-18,20H2,1-9H3,(H,46,55)/b13-12+,19-15+,23-14-,45-21+/t22-,24+,25+,26+,30-,35-,36+,40+,44-/m0/s1. The topological polar surface area (TPSA) is 226 Å². The van der Waals surface area contributed by atoms with Crippen molar-refractivity contribution in [3.05, 3.63) is 52.8 Å². The van der Waals surface area contributed by atoms with Gasteiger partial charge in [-0.05, 0) is 45.9 Å². The van der Waals surface area contributed by atoms with Crippen molar-refractivity contribution >= 4 is 40.3 Å². The number of methoxy groups -OCH3 is 1. The number of carbonyl (C=O) groups is 3. The summed E-state index contributed by atoms with van der Waals surface area (Å²) >= 11 is 0. The predicted octanol–water partition coefficient (Wildman–Crippen LogP) is 5.20. The Labute approximate surface area is 350 Å². The van der Waals surface area contributed by atoms with E-state index in [2.05, 4.69) is 15.4 Å². The van der Waals surface area contributed by atoms with Gasteiger partial charge in [0, 0.05) is 67.7 Å². The second-order valence-electron chi connectivity index (χ2n) is 16.2. The van der Waals surface area contributed by atoms with Crippen LogP contribution in [0.5, 0.6) is 23.0 Å². The van der Waals surface area contributed by atoms with Crippen LogP contribution in [0.15, 0.2) is 41.3 Å². The van der Waals surface area contributed by atoms with Gasteiger partial charge in [0.1, 0.15) is 30.0 Å². The molecule has 0 saturated carbocycles. The molecular formula is C44H59N3O13. The van der Waals surface area contributed by atoms with Gasteiger partial charge in [-0.15, -0.1) is 0 Å². The molecular weight excluding hydrogens is 778 g/mol. The number of likely N-dealkylation sites (tertiary alicyclic amines) is 1. The molecule has 4 aliphatic heterocycles. The number of carbonyl (C=O) groups excluding carboxylic acids is 3. The van der Waals surface area contributed by atoms with E-state index in [-0.39, 0.29) is 51.1 Å². The first-order valence-corrected chi connectivity index (χ1v) is 20.3. The normalized spacial score (nSPS) is 31.4. The number of rotatable bonds is 7. The van der Waals surface area contributed by atoms with Gasteiger partial charge in [0.15, 0.2) is 5.75 Å². The quantitative estimate of drug-likeness (QED) is 0.0527. The maximum absolute atomic E-state index is 14.4. The van der Waals surface area contributed by atoms with E-state index in [0.717, 1.165) is 32.1 Å². The fraction of sp³-hybridized carbons (Fsp3) is 0.545. The molecule has 0 spiro atoms. The Morgan fingerprint density at radius 2 is 1.67 bits per heavy atom. The maximum Gasteiger partial charge on any atom is 0.312 e. The summed E-state index contributed by atoms with van der Waals surface area (Å²) in [7, 11) is 1.43. The summed E-state index contributed by atoms with van der Waals surface area (Å²) in [6.07, 6.45) is 6.78. The molecule has 16 nitrogen and oxygen atoms in total. The van der Waals surface area contributed by atoms with Gasteiger partial charge in [0.25, 0.3) is 11.7 Å². The number of Topliss-reactive ketones (excluding diaryl/α,β-unsaturated/α-hetero) is 1. The van der Waals surface area contributed by atoms with Gasteiger partial charge in [0.2, 0.25) is 0 Å². The van der Waals surface area contributed by atoms with Gasteiger partial charge >= 0.3 is 11.8 Å². The number of ketones is 1. The zero-order valence-electron chi connectivity index (χ0n) is 35.7. The summed E-state index contributed by atoms with van der Waals surface area (Å²) in [6, 6.07) is 0. The molecule has 0 aliphatic carbocycles. The Balaban J connectivity index is 1.66. The molecule has 4 aliphatic rings. The second kappa shape index (κ2) is 19.0. The van der Waals surface area contributed by atoms with E-state index in [1.165, 1.54) is 53.2 Å². The predicted molar refractivity (Wildman–Crippen MR) is 223 cm³/mol. The number of aliphatic hydroxyl groups excluding tert-OH is 2. The highest BCUT2D eigenvalue weighted by atomic mass is 16.7. The number of ether oxygens (including phenoxy) is 4. The summed E-state index contributed by atoms with van der Waals surface area (Å²) in [4.78, 5) is 48.2. The Bertz CT molecular complexity index is 2070. The Morgan fingerprint density at radius 3 is 2.32 bits per heavy atom. The first kappa shape index (κ1) is 45.9. The third kappa shape index (κ3) is 9.26. The average Bonchev–Trinajstić information content (AvgIpc) is 3.83. The Morgan fingerprint density at radius 1 is 0.983 bits per heavy atom. The number of phenolic OH excluding ortho intramolecular Hbond substituents is 3. The van der Waals surface area contributed by atoms with Crippen LogP contribution in [0.2, 0.25) is 0 Å². The summed E-state index contributed by atoms with van der Waals surface area (Å²) < 4.78 is 23.6. The number of oxime groups is 1. The smallest absolute Gasteiger partial charge is 0.312 e. The zero-order valence-corrected chi connectivity index (χ0v) is 35.7. The Hall–Kier alpha value is -5.16. The van der Waals surface area contributed by atoms with Gasteiger partial charge in [-0.2, -0.15) is 0 Å². The molecule has 4 heterocycles. The molecule has 60 heavy (non-hydrogen) atoms. The van der Waals surface area contributed by atoms with Crippen LogP contribution in [0, 0.1) is 30.6 Å². The molecule has 9 atom stereocenters. The van der Waals surface area contributed by atoms with E-state index in [9.17, 15) is 39.9 Å². The third-order valence-corrected chi connectivity index (χ3v) is 12.0. The lowest BCUT2D eigenvalue weighted by molar-refractivity contribution is -0.160. The SMILES string of the molecule is CO[C@H]1/C=C/O[C@@]2(C)Oc3c(C)c(O)c4c(O)c(c(/C=N/OCCN5CCCC5)c(O)c4c3C2=O)NC(=O)/C(C)=C\C=C\[C@H](C)[C@H](O)[C@@H](C)[C@@H](O)[C@@H](C)[C@H](OC(C)=O)[C@@H]1C. The van der Waals surface area contributed by atoms with Gasteiger partial charge in [-0.1, -0.05) is 51.1 Å². The van der Waals surface area contributed by atoms with Crippen LogP contribution in [0.1, 0.15) is 82.8 Å². The minimum absolute atomic E-state index is 0.0400. The lowest BCUT2D eigenvalue weighted by Crippen LogP contribution is -2.46. The van der Waals surface area contributed by atoms with Crippen molar-refractivity contribution in [1.29, 1.82) is 0 Å². The zero-order chi connectivity index (χ0) is 44.2. The molecule has 1 fully saturated rings. The number of aliphatic hydroxyl groups is 2. The van der Waals surface area contributed by atoms with Crippen LogP contribution in [0.25, 0.3) is 10.8 Å². The Kier molecular flexibility index (Phi) is 14.6. The van der Waals surface area contributed by atoms with Crippen molar-refractivity contribution in [2.45, 2.75) is 98.4 Å². The molecule has 2 aromatic rings. The molecule has 6 N–H and O–H groups in total. The number of benzene rings is 2. The average molecular weight is 838 g/mol. The molecule has 328 valence electrons. The summed E-state index contributed by atoms with van der Waals surface area (Å²) in [6.45, 7) is 15.2. The van der Waals surface area contributed by atoms with Gasteiger partial charge in [-0.3, -0.25) is 19.3 Å². The van der Waals surface area contributed by atoms with E-state index in [0.29, 0.717) is 6.54 Å². The molecule has 2 aromatic carbocycles. The number of hydrogen-bond donors (Lipinski definition) is 6. The van der Waals surface area contributed by atoms with Crippen molar-refractivity contribution < 1.29 is 63.7 Å². The molecule has 0 aromatic heterocycles. The monoisotopic (exact) mass is 837 g/mol. The molecule has 5 bridgehead atoms. The number of aromatic hydroxyl groups is 3. The highest BCUT2D eigenvalue weighted by Gasteiger charge is 2.50. The largest absolute Gasteiger partial charge is 0.507 e. The fourth-order valence-electron chi connectivity index (χ4n) is 8.19. The lowest BCUT2D eigenvalue weighted by atomic mass is 9.78. The van der Waals surface area contributed by atoms with Crippen LogP contribution < -0.4 is 10.1 Å². The fourth-order valence-corrected chi connectivity index (χ4v) is 8.19. The molecule has 16 heteroatoms. The number of allylic oxidation sites excluding steroid dienone is 2. The number of hydrogen-bond acceptors (Lipinski definition) is 15. The molecule has 0 radical (unpaired) electrons. The van der Waals surface area contributed by atoms with E-state index in [1.807, 2.05) is 0 Å². The van der Waals surface area contributed by atoms with Gasteiger partial charge in [0.05, 0.1) is 53.0 Å². The number of phenols is 3. The highest BCUT2D eigenvalue weighted by Crippen LogP contribution is 2.55. The summed E-state index contributed by atoms with van der Waals surface area (Å²) in [5.41, 5.74) is -0.561. The third-order valence-electron chi connectivity index (χ3n) is 12.0. The van der Waals surface area contributed by atoms with E-state index >= 15 is 0 Å². The van der Waals surface area contributed by atoms with E-state index in [1.54, 1.807) is 39.8 Å². The van der Waals surface area contributed by atoms with E-state index < -0.39 is 88.8 Å². The first-order valence-electron chi connectivity index (χ1n) is 20.3. The number of nitrogens with zero attached hydrogens (tertiary/aromatic N) is 2. The van der Waals surface area contributed by atoms with Crippen LogP contribution >= 0.6 is 0 Å². The minimum atomic E-state index is -2.06. The van der Waals surface area contributed by atoms with Crippen LogP contribution in [-0.2, 0) is 28.6 Å². The van der Waals surface area contributed by atoms with Crippen molar-refractivity contribution in [2.24, 2.45) is 28.8 Å². The van der Waals surface area contributed by atoms with Gasteiger partial charge in [-0.25, -0.2) is 0 Å². The van der Waals surface area contributed by atoms with Crippen molar-refractivity contribution in [2.75, 3.05) is 38.7 Å². The number of esters is 1. The molecule has 0 unspecified atom stereocenters. The summed E-state index contributed by atoms with van der Waals surface area (Å²) in [5, 5.41) is 64.3. The summed E-state index contributed by atoms with van der Waals surface area (Å²) in [5.74, 6) is -8.57. The highest BCUT2D eigenvalue weighted by molar-refractivity contribution is 6.23. The number of anilines is 1.